The Morgan fingerprint density at radius 3 is 2.65 bits per heavy atom. The van der Waals surface area contributed by atoms with Gasteiger partial charge in [0.2, 0.25) is 0 Å². The Bertz CT molecular complexity index is 543. The van der Waals surface area contributed by atoms with E-state index in [0.29, 0.717) is 10.9 Å². The van der Waals surface area contributed by atoms with E-state index in [9.17, 15) is 9.59 Å². The summed E-state index contributed by atoms with van der Waals surface area (Å²) in [6, 6.07) is 4.21. The molecule has 0 spiro atoms. The maximum atomic E-state index is 12.1. The Morgan fingerprint density at radius 1 is 1.45 bits per heavy atom. The highest BCUT2D eigenvalue weighted by Gasteiger charge is 2.32. The van der Waals surface area contributed by atoms with Crippen molar-refractivity contribution in [1.29, 1.82) is 0 Å². The molecule has 108 valence electrons. The van der Waals surface area contributed by atoms with Crippen molar-refractivity contribution in [2.75, 3.05) is 12.4 Å². The molecule has 0 heterocycles. The predicted octanol–water partition coefficient (Wildman–Crippen LogP) is 3.30. The molecule has 1 unspecified atom stereocenters. The summed E-state index contributed by atoms with van der Waals surface area (Å²) >= 11 is 5.77. The molecule has 1 aliphatic rings. The zero-order valence-corrected chi connectivity index (χ0v) is 12.1. The van der Waals surface area contributed by atoms with Gasteiger partial charge in [-0.25, -0.2) is 9.59 Å². The molecule has 1 fully saturated rings. The first kappa shape index (κ1) is 14.7. The average Bonchev–Trinajstić information content (AvgIpc) is 3.23. The van der Waals surface area contributed by atoms with Crippen molar-refractivity contribution in [1.82, 2.24) is 4.90 Å². The van der Waals surface area contributed by atoms with Crippen LogP contribution in [0.2, 0.25) is 5.02 Å². The molecule has 1 aromatic rings. The Hall–Kier alpha value is -1.75. The smallest absolute Gasteiger partial charge is 0.337 e. The lowest BCUT2D eigenvalue weighted by Gasteiger charge is -2.25. The Morgan fingerprint density at radius 2 is 2.10 bits per heavy atom. The number of benzene rings is 1. The number of rotatable bonds is 4. The topological polar surface area (TPSA) is 69.6 Å². The zero-order chi connectivity index (χ0) is 14.9. The number of hydrogen-bond acceptors (Lipinski definition) is 2. The van der Waals surface area contributed by atoms with Gasteiger partial charge < -0.3 is 15.3 Å². The molecule has 5 nitrogen and oxygen atoms in total. The third-order valence-corrected chi connectivity index (χ3v) is 3.92. The van der Waals surface area contributed by atoms with Crippen molar-refractivity contribution in [2.24, 2.45) is 5.92 Å². The van der Waals surface area contributed by atoms with Crippen LogP contribution in [0.1, 0.15) is 30.1 Å². The lowest BCUT2D eigenvalue weighted by atomic mass is 10.1. The van der Waals surface area contributed by atoms with Crippen LogP contribution in [-0.2, 0) is 0 Å². The van der Waals surface area contributed by atoms with Gasteiger partial charge in [0.25, 0.3) is 0 Å². The van der Waals surface area contributed by atoms with E-state index in [4.69, 9.17) is 16.7 Å². The first-order chi connectivity index (χ1) is 9.40. The summed E-state index contributed by atoms with van der Waals surface area (Å²) in [6.45, 7) is 2.00. The molecular weight excluding hydrogens is 280 g/mol. The molecule has 0 saturated heterocycles. The van der Waals surface area contributed by atoms with Gasteiger partial charge in [-0.05, 0) is 43.9 Å². The SMILES string of the molecule is CC(C1CC1)N(C)C(=O)Nc1ccc(Cl)cc1C(=O)O. The monoisotopic (exact) mass is 296 g/mol. The number of aromatic carboxylic acids is 1. The second-order valence-electron chi connectivity index (χ2n) is 5.11. The van der Waals surface area contributed by atoms with E-state index in [1.165, 1.54) is 12.1 Å². The molecule has 1 saturated carbocycles. The van der Waals surface area contributed by atoms with Crippen LogP contribution in [0.25, 0.3) is 0 Å². The number of urea groups is 1. The average molecular weight is 297 g/mol. The Kier molecular flexibility index (Phi) is 4.18. The summed E-state index contributed by atoms with van der Waals surface area (Å²) in [5.41, 5.74) is 0.236. The molecule has 0 aliphatic heterocycles. The van der Waals surface area contributed by atoms with Gasteiger partial charge in [-0.1, -0.05) is 11.6 Å². The van der Waals surface area contributed by atoms with E-state index >= 15 is 0 Å². The minimum absolute atomic E-state index is 0.0154. The van der Waals surface area contributed by atoms with Crippen LogP contribution < -0.4 is 5.32 Å². The Balaban J connectivity index is 2.12. The molecule has 0 bridgehead atoms. The summed E-state index contributed by atoms with van der Waals surface area (Å²) in [4.78, 5) is 24.9. The molecule has 20 heavy (non-hydrogen) atoms. The number of amides is 2. The fourth-order valence-corrected chi connectivity index (χ4v) is 2.26. The standard InChI is InChI=1S/C14H17ClN2O3/c1-8(9-3-4-9)17(2)14(20)16-12-6-5-10(15)7-11(12)13(18)19/h5-9H,3-4H2,1-2H3,(H,16,20)(H,18,19). The van der Waals surface area contributed by atoms with E-state index < -0.39 is 5.97 Å². The first-order valence-corrected chi connectivity index (χ1v) is 6.84. The molecule has 6 heteroatoms. The third-order valence-electron chi connectivity index (χ3n) is 3.69. The molecule has 1 aliphatic carbocycles. The summed E-state index contributed by atoms with van der Waals surface area (Å²) in [5.74, 6) is -0.574. The first-order valence-electron chi connectivity index (χ1n) is 6.47. The van der Waals surface area contributed by atoms with Gasteiger partial charge in [0.15, 0.2) is 0 Å². The zero-order valence-electron chi connectivity index (χ0n) is 11.4. The third kappa shape index (κ3) is 3.22. The number of anilines is 1. The van der Waals surface area contributed by atoms with E-state index in [1.807, 2.05) is 6.92 Å². The van der Waals surface area contributed by atoms with E-state index in [1.54, 1.807) is 18.0 Å². The Labute approximate surface area is 122 Å². The fraction of sp³-hybridized carbons (Fsp3) is 0.429. The molecule has 0 radical (unpaired) electrons. The van der Waals surface area contributed by atoms with Crippen LogP contribution in [-0.4, -0.2) is 35.1 Å². The van der Waals surface area contributed by atoms with Crippen LogP contribution in [0, 0.1) is 5.92 Å². The summed E-state index contributed by atoms with van der Waals surface area (Å²) in [7, 11) is 1.72. The van der Waals surface area contributed by atoms with Gasteiger partial charge in [-0.15, -0.1) is 0 Å². The van der Waals surface area contributed by atoms with Crippen LogP contribution in [0.4, 0.5) is 10.5 Å². The number of halogens is 1. The molecular formula is C14H17ClN2O3. The van der Waals surface area contributed by atoms with E-state index in [2.05, 4.69) is 5.32 Å². The minimum Gasteiger partial charge on any atom is -0.478 e. The van der Waals surface area contributed by atoms with Crippen molar-refractivity contribution in [3.8, 4) is 0 Å². The van der Waals surface area contributed by atoms with Gasteiger partial charge in [-0.3, -0.25) is 0 Å². The predicted molar refractivity (Wildman–Crippen MR) is 77.4 cm³/mol. The van der Waals surface area contributed by atoms with Crippen LogP contribution in [0.3, 0.4) is 0 Å². The molecule has 1 aromatic carbocycles. The van der Waals surface area contributed by atoms with Gasteiger partial charge in [0.1, 0.15) is 0 Å². The molecule has 2 N–H and O–H groups in total. The number of nitrogens with zero attached hydrogens (tertiary/aromatic N) is 1. The van der Waals surface area contributed by atoms with Crippen LogP contribution >= 0.6 is 11.6 Å². The van der Waals surface area contributed by atoms with Crippen molar-refractivity contribution >= 4 is 29.3 Å². The van der Waals surface area contributed by atoms with Crippen molar-refractivity contribution in [2.45, 2.75) is 25.8 Å². The number of carbonyl (C=O) groups is 2. The lowest BCUT2D eigenvalue weighted by molar-refractivity contribution is 0.0698. The van der Waals surface area contributed by atoms with E-state index in [0.717, 1.165) is 12.8 Å². The molecule has 2 amide bonds. The van der Waals surface area contributed by atoms with Gasteiger partial charge in [-0.2, -0.15) is 0 Å². The lowest BCUT2D eigenvalue weighted by Crippen LogP contribution is -2.39. The fourth-order valence-electron chi connectivity index (χ4n) is 2.09. The summed E-state index contributed by atoms with van der Waals surface area (Å²) < 4.78 is 0. The van der Waals surface area contributed by atoms with Crippen molar-refractivity contribution < 1.29 is 14.7 Å². The van der Waals surface area contributed by atoms with Gasteiger partial charge in [0, 0.05) is 18.1 Å². The number of carbonyl (C=O) groups excluding carboxylic acids is 1. The highest BCUT2D eigenvalue weighted by Crippen LogP contribution is 2.34. The second kappa shape index (κ2) is 5.71. The van der Waals surface area contributed by atoms with Crippen LogP contribution in [0.15, 0.2) is 18.2 Å². The quantitative estimate of drug-likeness (QED) is 0.895. The second-order valence-corrected chi connectivity index (χ2v) is 5.55. The summed E-state index contributed by atoms with van der Waals surface area (Å²) in [6.07, 6.45) is 2.28. The number of carboxylic acids is 1. The molecule has 2 rings (SSSR count). The van der Waals surface area contributed by atoms with Gasteiger partial charge in [0.05, 0.1) is 11.3 Å². The largest absolute Gasteiger partial charge is 0.478 e. The van der Waals surface area contributed by atoms with Gasteiger partial charge >= 0.3 is 12.0 Å². The maximum Gasteiger partial charge on any atom is 0.337 e. The van der Waals surface area contributed by atoms with Crippen LogP contribution in [0.5, 0.6) is 0 Å². The molecule has 0 aromatic heterocycles. The normalized spacial score (nSPS) is 15.6. The number of hydrogen-bond donors (Lipinski definition) is 2. The minimum atomic E-state index is -1.12. The molecule has 1 atom stereocenters. The van der Waals surface area contributed by atoms with Crippen molar-refractivity contribution in [3.63, 3.8) is 0 Å². The highest BCUT2D eigenvalue weighted by molar-refractivity contribution is 6.31. The highest BCUT2D eigenvalue weighted by atomic mass is 35.5. The number of carboxylic acid groups (broad SMARTS) is 1. The number of nitrogens with one attached hydrogen (secondary N) is 1. The maximum absolute atomic E-state index is 12.1. The summed E-state index contributed by atoms with van der Waals surface area (Å²) in [5, 5.41) is 12.1. The van der Waals surface area contributed by atoms with E-state index in [-0.39, 0.29) is 23.3 Å². The van der Waals surface area contributed by atoms with Crippen molar-refractivity contribution in [3.05, 3.63) is 28.8 Å².